The topological polar surface area (TPSA) is 90.1 Å². The Morgan fingerprint density at radius 1 is 1.45 bits per heavy atom. The van der Waals surface area contributed by atoms with Gasteiger partial charge in [0.15, 0.2) is 0 Å². The molecule has 2 aromatic rings. The van der Waals surface area contributed by atoms with E-state index in [1.54, 1.807) is 0 Å². The summed E-state index contributed by atoms with van der Waals surface area (Å²) in [5, 5.41) is 17.0. The molecule has 8 heteroatoms. The lowest BCUT2D eigenvalue weighted by Crippen LogP contribution is -2.25. The first-order valence-electron chi connectivity index (χ1n) is 5.68. The third-order valence-corrected chi connectivity index (χ3v) is 2.70. The second kappa shape index (κ2) is 5.47. The summed E-state index contributed by atoms with van der Waals surface area (Å²) in [4.78, 5) is 22.1. The Hall–Kier alpha value is -2.77. The molecule has 0 aliphatic carbocycles. The van der Waals surface area contributed by atoms with E-state index in [9.17, 15) is 19.3 Å². The zero-order valence-corrected chi connectivity index (χ0v) is 10.5. The summed E-state index contributed by atoms with van der Waals surface area (Å²) >= 11 is 0. The number of nitrogens with one attached hydrogen (secondary N) is 1. The molecule has 1 N–H and O–H groups in total. The molecule has 0 aliphatic heterocycles. The number of aryl methyl sites for hydroxylation is 1. The molecule has 0 aliphatic rings. The normalized spacial score (nSPS) is 10.3. The lowest BCUT2D eigenvalue weighted by molar-refractivity contribution is -0.385. The van der Waals surface area contributed by atoms with Gasteiger partial charge in [-0.3, -0.25) is 19.6 Å². The Morgan fingerprint density at radius 2 is 2.10 bits per heavy atom. The summed E-state index contributed by atoms with van der Waals surface area (Å²) in [5.74, 6) is -0.983. The third kappa shape index (κ3) is 2.79. The molecule has 1 heterocycles. The highest BCUT2D eigenvalue weighted by atomic mass is 19.1. The van der Waals surface area contributed by atoms with Crippen LogP contribution in [0.2, 0.25) is 0 Å². The average molecular weight is 278 g/mol. The summed E-state index contributed by atoms with van der Waals surface area (Å²) in [6, 6.07) is 5.59. The number of aromatic nitrogens is 2. The number of hydrogen-bond donors (Lipinski definition) is 1. The smallest absolute Gasteiger partial charge is 0.320 e. The molecule has 0 saturated heterocycles. The minimum Gasteiger partial charge on any atom is -0.346 e. The Morgan fingerprint density at radius 3 is 2.70 bits per heavy atom. The summed E-state index contributed by atoms with van der Waals surface area (Å²) in [7, 11) is 1.44. The second-order valence-corrected chi connectivity index (χ2v) is 4.07. The quantitative estimate of drug-likeness (QED) is 0.676. The molecule has 0 atom stereocenters. The first-order chi connectivity index (χ1) is 9.49. The van der Waals surface area contributed by atoms with Crippen molar-refractivity contribution in [2.45, 2.75) is 6.54 Å². The fraction of sp³-hybridized carbons (Fsp3) is 0.167. The van der Waals surface area contributed by atoms with Crippen molar-refractivity contribution in [1.82, 2.24) is 15.1 Å². The van der Waals surface area contributed by atoms with Gasteiger partial charge >= 0.3 is 5.69 Å². The Balaban J connectivity index is 2.11. The molecule has 1 aromatic carbocycles. The molecular formula is C12H11FN4O3. The van der Waals surface area contributed by atoms with E-state index in [-0.39, 0.29) is 23.7 Å². The van der Waals surface area contributed by atoms with Crippen LogP contribution >= 0.6 is 0 Å². The van der Waals surface area contributed by atoms with E-state index in [1.807, 2.05) is 0 Å². The molecule has 104 valence electrons. The predicted molar refractivity (Wildman–Crippen MR) is 67.4 cm³/mol. The van der Waals surface area contributed by atoms with Crippen molar-refractivity contribution < 1.29 is 14.1 Å². The van der Waals surface area contributed by atoms with Crippen molar-refractivity contribution in [3.63, 3.8) is 0 Å². The highest BCUT2D eigenvalue weighted by molar-refractivity contribution is 5.96. The van der Waals surface area contributed by atoms with E-state index in [0.717, 1.165) is 10.9 Å². The van der Waals surface area contributed by atoms with E-state index in [0.29, 0.717) is 5.56 Å². The van der Waals surface area contributed by atoms with Gasteiger partial charge in [-0.15, -0.1) is 0 Å². The van der Waals surface area contributed by atoms with Gasteiger partial charge in [0.05, 0.1) is 4.92 Å². The minimum absolute atomic E-state index is 0.128. The van der Waals surface area contributed by atoms with Crippen LogP contribution in [0.3, 0.4) is 0 Å². The van der Waals surface area contributed by atoms with E-state index < -0.39 is 10.8 Å². The molecule has 0 unspecified atom stereocenters. The van der Waals surface area contributed by atoms with Gasteiger partial charge in [0.2, 0.25) is 5.69 Å². The zero-order valence-electron chi connectivity index (χ0n) is 10.5. The lowest BCUT2D eigenvalue weighted by atomic mass is 10.2. The standard InChI is InChI=1S/C12H11FN4O3/c1-16-11(10(7-15-16)17(19)20)12(18)14-6-8-2-4-9(13)5-3-8/h2-5,7H,6H2,1H3,(H,14,18). The number of amides is 1. The van der Waals surface area contributed by atoms with E-state index in [2.05, 4.69) is 10.4 Å². The highest BCUT2D eigenvalue weighted by Crippen LogP contribution is 2.16. The van der Waals surface area contributed by atoms with E-state index in [4.69, 9.17) is 0 Å². The summed E-state index contributed by atoms with van der Waals surface area (Å²) in [5.41, 5.74) is 0.200. The first kappa shape index (κ1) is 13.7. The van der Waals surface area contributed by atoms with Crippen LogP contribution in [0.4, 0.5) is 10.1 Å². The van der Waals surface area contributed by atoms with Gasteiger partial charge < -0.3 is 5.32 Å². The SMILES string of the molecule is Cn1ncc([N+](=O)[O-])c1C(=O)NCc1ccc(F)cc1. The fourth-order valence-electron chi connectivity index (χ4n) is 1.69. The predicted octanol–water partition coefficient (Wildman–Crippen LogP) is 1.40. The molecule has 0 fully saturated rings. The maximum absolute atomic E-state index is 12.7. The summed E-state index contributed by atoms with van der Waals surface area (Å²) in [6.45, 7) is 0.140. The largest absolute Gasteiger partial charge is 0.346 e. The van der Waals surface area contributed by atoms with E-state index in [1.165, 1.54) is 31.3 Å². The summed E-state index contributed by atoms with van der Waals surface area (Å²) in [6.07, 6.45) is 1.02. The molecule has 0 spiro atoms. The fourth-order valence-corrected chi connectivity index (χ4v) is 1.69. The van der Waals surface area contributed by atoms with Crippen molar-refractivity contribution in [3.8, 4) is 0 Å². The maximum atomic E-state index is 12.7. The highest BCUT2D eigenvalue weighted by Gasteiger charge is 2.25. The molecule has 20 heavy (non-hydrogen) atoms. The van der Waals surface area contributed by atoms with Crippen LogP contribution in [0, 0.1) is 15.9 Å². The van der Waals surface area contributed by atoms with Crippen LogP contribution < -0.4 is 5.32 Å². The average Bonchev–Trinajstić information content (AvgIpc) is 2.80. The van der Waals surface area contributed by atoms with Crippen LogP contribution in [-0.4, -0.2) is 20.6 Å². The number of rotatable bonds is 4. The number of carbonyl (C=O) groups excluding carboxylic acids is 1. The Kier molecular flexibility index (Phi) is 3.74. The maximum Gasteiger partial charge on any atom is 0.320 e. The molecule has 1 aromatic heterocycles. The molecule has 1 amide bonds. The molecule has 0 radical (unpaired) electrons. The van der Waals surface area contributed by atoms with Gasteiger partial charge in [-0.05, 0) is 17.7 Å². The van der Waals surface area contributed by atoms with Crippen LogP contribution in [-0.2, 0) is 13.6 Å². The van der Waals surface area contributed by atoms with Crippen molar-refractivity contribution >= 4 is 11.6 Å². The van der Waals surface area contributed by atoms with Crippen LogP contribution in [0.25, 0.3) is 0 Å². The number of nitro groups is 1. The minimum atomic E-state index is -0.667. The second-order valence-electron chi connectivity index (χ2n) is 4.07. The van der Waals surface area contributed by atoms with Gasteiger partial charge in [0.25, 0.3) is 5.91 Å². The van der Waals surface area contributed by atoms with Gasteiger partial charge in [0, 0.05) is 13.6 Å². The van der Waals surface area contributed by atoms with Crippen molar-refractivity contribution in [1.29, 1.82) is 0 Å². The van der Waals surface area contributed by atoms with Gasteiger partial charge in [-0.25, -0.2) is 4.39 Å². The number of benzene rings is 1. The van der Waals surface area contributed by atoms with Crippen LogP contribution in [0.1, 0.15) is 16.1 Å². The number of halogens is 1. The number of hydrogen-bond acceptors (Lipinski definition) is 4. The molecule has 7 nitrogen and oxygen atoms in total. The van der Waals surface area contributed by atoms with Gasteiger partial charge in [-0.1, -0.05) is 12.1 Å². The lowest BCUT2D eigenvalue weighted by Gasteiger charge is -2.05. The monoisotopic (exact) mass is 278 g/mol. The third-order valence-electron chi connectivity index (χ3n) is 2.70. The summed E-state index contributed by atoms with van der Waals surface area (Å²) < 4.78 is 13.9. The Bertz CT molecular complexity index is 651. The zero-order chi connectivity index (χ0) is 14.7. The number of carbonyl (C=O) groups is 1. The molecule has 0 saturated carbocycles. The molecular weight excluding hydrogens is 267 g/mol. The van der Waals surface area contributed by atoms with Crippen LogP contribution in [0.15, 0.2) is 30.5 Å². The van der Waals surface area contributed by atoms with E-state index >= 15 is 0 Å². The molecule has 0 bridgehead atoms. The van der Waals surface area contributed by atoms with Crippen molar-refractivity contribution in [2.75, 3.05) is 0 Å². The van der Waals surface area contributed by atoms with Crippen molar-refractivity contribution in [3.05, 3.63) is 57.7 Å². The van der Waals surface area contributed by atoms with Gasteiger partial charge in [0.1, 0.15) is 12.0 Å². The molecule has 2 rings (SSSR count). The number of nitrogens with zero attached hydrogens (tertiary/aromatic N) is 3. The van der Waals surface area contributed by atoms with Crippen molar-refractivity contribution in [2.24, 2.45) is 7.05 Å². The first-order valence-corrected chi connectivity index (χ1v) is 5.68. The Labute approximate surface area is 113 Å². The van der Waals surface area contributed by atoms with Crippen LogP contribution in [0.5, 0.6) is 0 Å². The van der Waals surface area contributed by atoms with Gasteiger partial charge in [-0.2, -0.15) is 5.10 Å².